The van der Waals surface area contributed by atoms with Crippen molar-refractivity contribution in [3.63, 3.8) is 0 Å². The number of hydrogen-bond donors (Lipinski definition) is 2. The van der Waals surface area contributed by atoms with Gasteiger partial charge in [-0.2, -0.15) is 0 Å². The molecule has 0 heterocycles. The van der Waals surface area contributed by atoms with Crippen LogP contribution in [-0.4, -0.2) is 23.0 Å². The quantitative estimate of drug-likeness (QED) is 0.545. The van der Waals surface area contributed by atoms with E-state index in [-0.39, 0.29) is 6.42 Å². The minimum Gasteiger partial charge on any atom is -0.480 e. The Balaban J connectivity index is 3.77. The van der Waals surface area contributed by atoms with Crippen molar-refractivity contribution >= 4 is 11.9 Å². The monoisotopic (exact) mass is 155 g/mol. The van der Waals surface area contributed by atoms with Gasteiger partial charge in [-0.3, -0.25) is 9.59 Å². The van der Waals surface area contributed by atoms with Crippen molar-refractivity contribution in [2.45, 2.75) is 19.4 Å². The molecule has 4 nitrogen and oxygen atoms in total. The van der Waals surface area contributed by atoms with Crippen molar-refractivity contribution in [1.29, 1.82) is 0 Å². The van der Waals surface area contributed by atoms with Gasteiger partial charge in [0.15, 0.2) is 0 Å². The van der Waals surface area contributed by atoms with Gasteiger partial charge in [0.05, 0.1) is 6.42 Å². The van der Waals surface area contributed by atoms with Crippen LogP contribution in [0.1, 0.15) is 13.3 Å². The molecule has 0 unspecified atom stereocenters. The summed E-state index contributed by atoms with van der Waals surface area (Å²) in [5, 5.41) is 10.5. The molecule has 0 spiro atoms. The third-order valence-electron chi connectivity index (χ3n) is 1.01. The molecule has 0 aromatic carbocycles. The van der Waals surface area contributed by atoms with Crippen LogP contribution in [0.2, 0.25) is 0 Å². The fraction of sp³-hybridized carbons (Fsp3) is 0.429. The van der Waals surface area contributed by atoms with Crippen LogP contribution in [0.15, 0.2) is 0 Å². The topological polar surface area (TPSA) is 66.4 Å². The summed E-state index contributed by atoms with van der Waals surface area (Å²) in [6, 6.07) is -0.879. The summed E-state index contributed by atoms with van der Waals surface area (Å²) >= 11 is 0. The molecule has 0 aliphatic rings. The van der Waals surface area contributed by atoms with Crippen molar-refractivity contribution in [2.24, 2.45) is 0 Å². The van der Waals surface area contributed by atoms with Gasteiger partial charge in [0.25, 0.3) is 0 Å². The maximum Gasteiger partial charge on any atom is 0.325 e. The van der Waals surface area contributed by atoms with E-state index >= 15 is 0 Å². The molecule has 0 saturated heterocycles. The SMILES string of the molecule is C#CCC(=O)N[C@@H](C)C(=O)O. The Hall–Kier alpha value is -1.50. The summed E-state index contributed by atoms with van der Waals surface area (Å²) in [5.74, 6) is 0.591. The van der Waals surface area contributed by atoms with Gasteiger partial charge < -0.3 is 10.4 Å². The Morgan fingerprint density at radius 2 is 2.27 bits per heavy atom. The first-order valence-corrected chi connectivity index (χ1v) is 3.03. The summed E-state index contributed by atoms with van der Waals surface area (Å²) in [6.45, 7) is 1.37. The fourth-order valence-electron chi connectivity index (χ4n) is 0.447. The highest BCUT2D eigenvalue weighted by atomic mass is 16.4. The molecule has 0 saturated carbocycles. The number of aliphatic carboxylic acids is 1. The molecule has 4 heteroatoms. The van der Waals surface area contributed by atoms with Gasteiger partial charge in [0.2, 0.25) is 5.91 Å². The van der Waals surface area contributed by atoms with Crippen LogP contribution in [0.3, 0.4) is 0 Å². The van der Waals surface area contributed by atoms with E-state index in [0.29, 0.717) is 0 Å². The lowest BCUT2D eigenvalue weighted by Crippen LogP contribution is -2.37. The second kappa shape index (κ2) is 4.34. The Kier molecular flexibility index (Phi) is 3.75. The lowest BCUT2D eigenvalue weighted by atomic mass is 10.3. The third-order valence-corrected chi connectivity index (χ3v) is 1.01. The van der Waals surface area contributed by atoms with E-state index in [1.165, 1.54) is 6.92 Å². The highest BCUT2D eigenvalue weighted by Gasteiger charge is 2.12. The number of carbonyl (C=O) groups is 2. The Bertz CT molecular complexity index is 204. The van der Waals surface area contributed by atoms with Crippen LogP contribution < -0.4 is 5.32 Å². The molecule has 11 heavy (non-hydrogen) atoms. The summed E-state index contributed by atoms with van der Waals surface area (Å²) in [6.07, 6.45) is 4.74. The fourth-order valence-corrected chi connectivity index (χ4v) is 0.447. The van der Waals surface area contributed by atoms with Gasteiger partial charge in [-0.05, 0) is 6.92 Å². The minimum absolute atomic E-state index is 0.0857. The van der Waals surface area contributed by atoms with Gasteiger partial charge in [-0.1, -0.05) is 5.92 Å². The average molecular weight is 155 g/mol. The smallest absolute Gasteiger partial charge is 0.325 e. The van der Waals surface area contributed by atoms with E-state index < -0.39 is 17.9 Å². The Labute approximate surface area is 64.6 Å². The lowest BCUT2D eigenvalue weighted by molar-refractivity contribution is -0.141. The zero-order chi connectivity index (χ0) is 8.85. The third kappa shape index (κ3) is 3.98. The molecule has 0 aromatic rings. The van der Waals surface area contributed by atoms with Crippen molar-refractivity contribution < 1.29 is 14.7 Å². The minimum atomic E-state index is -1.07. The van der Waals surface area contributed by atoms with E-state index in [9.17, 15) is 9.59 Å². The number of amides is 1. The number of rotatable bonds is 3. The summed E-state index contributed by atoms with van der Waals surface area (Å²) in [7, 11) is 0. The zero-order valence-electron chi connectivity index (χ0n) is 6.13. The van der Waals surface area contributed by atoms with Crippen molar-refractivity contribution in [3.05, 3.63) is 0 Å². The first-order chi connectivity index (χ1) is 5.07. The van der Waals surface area contributed by atoms with Crippen LogP contribution in [-0.2, 0) is 9.59 Å². The van der Waals surface area contributed by atoms with Crippen LogP contribution >= 0.6 is 0 Å². The van der Waals surface area contributed by atoms with E-state index in [0.717, 1.165) is 0 Å². The molecule has 0 aliphatic heterocycles. The highest BCUT2D eigenvalue weighted by molar-refractivity contribution is 5.84. The van der Waals surface area contributed by atoms with Gasteiger partial charge in [-0.15, -0.1) is 6.42 Å². The van der Waals surface area contributed by atoms with Crippen LogP contribution in [0.5, 0.6) is 0 Å². The maximum absolute atomic E-state index is 10.6. The summed E-state index contributed by atoms with van der Waals surface area (Å²) in [5.41, 5.74) is 0. The normalized spacial score (nSPS) is 11.3. The molecule has 1 atom stereocenters. The van der Waals surface area contributed by atoms with Gasteiger partial charge >= 0.3 is 5.97 Å². The lowest BCUT2D eigenvalue weighted by Gasteiger charge is -2.06. The number of carboxylic acid groups (broad SMARTS) is 1. The number of carbonyl (C=O) groups excluding carboxylic acids is 1. The van der Waals surface area contributed by atoms with Gasteiger partial charge in [0.1, 0.15) is 6.04 Å². The van der Waals surface area contributed by atoms with E-state index in [4.69, 9.17) is 11.5 Å². The molecule has 1 amide bonds. The molecule has 2 N–H and O–H groups in total. The molecule has 0 aliphatic carbocycles. The van der Waals surface area contributed by atoms with E-state index in [2.05, 4.69) is 11.2 Å². The average Bonchev–Trinajstić information content (AvgIpc) is 1.87. The van der Waals surface area contributed by atoms with Crippen molar-refractivity contribution in [2.75, 3.05) is 0 Å². The number of carboxylic acids is 1. The standard InChI is InChI=1S/C7H9NO3/c1-3-4-6(9)8-5(2)7(10)11/h1,5H,4H2,2H3,(H,8,9)(H,10,11)/t5-/m0/s1. The molecule has 0 radical (unpaired) electrons. The largest absolute Gasteiger partial charge is 0.480 e. The predicted octanol–water partition coefficient (Wildman–Crippen LogP) is -0.401. The number of hydrogen-bond acceptors (Lipinski definition) is 2. The van der Waals surface area contributed by atoms with Crippen molar-refractivity contribution in [3.8, 4) is 12.3 Å². The second-order valence-electron chi connectivity index (χ2n) is 2.01. The van der Waals surface area contributed by atoms with Crippen molar-refractivity contribution in [1.82, 2.24) is 5.32 Å². The van der Waals surface area contributed by atoms with Crippen LogP contribution in [0.4, 0.5) is 0 Å². The Morgan fingerprint density at radius 3 is 2.64 bits per heavy atom. The van der Waals surface area contributed by atoms with Crippen LogP contribution in [0.25, 0.3) is 0 Å². The summed E-state index contributed by atoms with van der Waals surface area (Å²) < 4.78 is 0. The van der Waals surface area contributed by atoms with E-state index in [1.54, 1.807) is 0 Å². The first-order valence-electron chi connectivity index (χ1n) is 3.03. The first kappa shape index (κ1) is 9.50. The molecule has 0 fully saturated rings. The molecule has 0 bridgehead atoms. The molecular weight excluding hydrogens is 146 g/mol. The highest BCUT2D eigenvalue weighted by Crippen LogP contribution is 1.83. The molecular formula is C7H9NO3. The van der Waals surface area contributed by atoms with Gasteiger partial charge in [-0.25, -0.2) is 0 Å². The predicted molar refractivity (Wildman–Crippen MR) is 38.7 cm³/mol. The molecule has 0 rings (SSSR count). The molecule has 0 aromatic heterocycles. The number of nitrogens with one attached hydrogen (secondary N) is 1. The maximum atomic E-state index is 10.6. The molecule has 60 valence electrons. The zero-order valence-corrected chi connectivity index (χ0v) is 6.13. The number of terminal acetylenes is 1. The second-order valence-corrected chi connectivity index (χ2v) is 2.01. The Morgan fingerprint density at radius 1 is 1.73 bits per heavy atom. The summed E-state index contributed by atoms with van der Waals surface area (Å²) in [4.78, 5) is 20.8. The van der Waals surface area contributed by atoms with E-state index in [1.807, 2.05) is 0 Å². The van der Waals surface area contributed by atoms with Crippen LogP contribution in [0, 0.1) is 12.3 Å². The van der Waals surface area contributed by atoms with Gasteiger partial charge in [0, 0.05) is 0 Å².